The second-order valence-electron chi connectivity index (χ2n) is 2.22. The van der Waals surface area contributed by atoms with E-state index in [2.05, 4.69) is 0 Å². The second-order valence-corrected chi connectivity index (χ2v) is 2.22. The molecule has 0 bridgehead atoms. The second kappa shape index (κ2) is 2.55. The van der Waals surface area contributed by atoms with Gasteiger partial charge in [-0.05, 0) is 10.9 Å². The van der Waals surface area contributed by atoms with Gasteiger partial charge < -0.3 is 20.4 Å². The fraction of sp³-hybridized carbons (Fsp3) is 0. The molecule has 0 aliphatic rings. The molecule has 0 aliphatic heterocycles. The molecule has 58 valence electrons. The number of phenols is 4. The van der Waals surface area contributed by atoms with Crippen LogP contribution in [-0.4, -0.2) is 36.1 Å². The van der Waals surface area contributed by atoms with E-state index in [9.17, 15) is 0 Å². The Bertz CT molecular complexity index is 232. The molecule has 0 unspecified atom stereocenters. The Morgan fingerprint density at radius 3 is 0.917 bits per heavy atom. The van der Waals surface area contributed by atoms with E-state index in [0.717, 1.165) is 0 Å². The molecule has 6 heteroatoms. The Hall–Kier alpha value is -1.45. The topological polar surface area (TPSA) is 80.9 Å². The molecular formula is C6H4B2O4. The van der Waals surface area contributed by atoms with Gasteiger partial charge in [0.25, 0.3) is 0 Å². The minimum atomic E-state index is -0.747. The van der Waals surface area contributed by atoms with Crippen molar-refractivity contribution in [1.82, 2.24) is 0 Å². The van der Waals surface area contributed by atoms with E-state index >= 15 is 0 Å². The molecule has 4 radical (unpaired) electrons. The first kappa shape index (κ1) is 8.64. The highest BCUT2D eigenvalue weighted by atomic mass is 16.3. The fourth-order valence-electron chi connectivity index (χ4n) is 0.735. The highest BCUT2D eigenvalue weighted by Crippen LogP contribution is 2.30. The predicted molar refractivity (Wildman–Crippen MR) is 43.9 cm³/mol. The van der Waals surface area contributed by atoms with Crippen LogP contribution in [0.15, 0.2) is 0 Å². The first-order chi connectivity index (χ1) is 5.46. The lowest BCUT2D eigenvalue weighted by Gasteiger charge is -2.10. The normalized spacial score (nSPS) is 10.0. The third-order valence-corrected chi connectivity index (χ3v) is 1.47. The van der Waals surface area contributed by atoms with Gasteiger partial charge in [-0.3, -0.25) is 0 Å². The number of hydrogen-bond donors (Lipinski definition) is 4. The van der Waals surface area contributed by atoms with Gasteiger partial charge in [-0.25, -0.2) is 0 Å². The highest BCUT2D eigenvalue weighted by molar-refractivity contribution is 6.42. The summed E-state index contributed by atoms with van der Waals surface area (Å²) in [6.45, 7) is 0. The van der Waals surface area contributed by atoms with E-state index in [1.165, 1.54) is 0 Å². The van der Waals surface area contributed by atoms with E-state index in [-0.39, 0.29) is 0 Å². The van der Waals surface area contributed by atoms with Gasteiger partial charge in [-0.15, -0.1) is 0 Å². The summed E-state index contributed by atoms with van der Waals surface area (Å²) in [6.07, 6.45) is 0. The Balaban J connectivity index is 3.60. The summed E-state index contributed by atoms with van der Waals surface area (Å²) in [6, 6.07) is 0. The van der Waals surface area contributed by atoms with Crippen molar-refractivity contribution in [3.63, 3.8) is 0 Å². The maximum Gasteiger partial charge on any atom is 0.153 e. The van der Waals surface area contributed by atoms with Crippen molar-refractivity contribution in [3.05, 3.63) is 0 Å². The van der Waals surface area contributed by atoms with Crippen LogP contribution in [0, 0.1) is 0 Å². The summed E-state index contributed by atoms with van der Waals surface area (Å²) in [5.74, 6) is -2.99. The van der Waals surface area contributed by atoms with Gasteiger partial charge in [-0.2, -0.15) is 0 Å². The fourth-order valence-corrected chi connectivity index (χ4v) is 0.735. The molecule has 4 N–H and O–H groups in total. The SMILES string of the molecule is [B]c1c(O)c(O)c([B])c(O)c1O. The number of benzene rings is 1. The molecule has 0 fully saturated rings. The van der Waals surface area contributed by atoms with Gasteiger partial charge in [0, 0.05) is 0 Å². The van der Waals surface area contributed by atoms with Crippen molar-refractivity contribution >= 4 is 26.6 Å². The van der Waals surface area contributed by atoms with Crippen LogP contribution in [0.1, 0.15) is 0 Å². The molecule has 1 aromatic carbocycles. The quantitative estimate of drug-likeness (QED) is 0.204. The molecule has 0 amide bonds. The summed E-state index contributed by atoms with van der Waals surface area (Å²) in [4.78, 5) is 0. The molecule has 1 rings (SSSR count). The molecule has 1 aromatic rings. The van der Waals surface area contributed by atoms with Crippen molar-refractivity contribution in [2.75, 3.05) is 0 Å². The molecule has 12 heavy (non-hydrogen) atoms. The van der Waals surface area contributed by atoms with Gasteiger partial charge in [0.1, 0.15) is 15.7 Å². The number of hydrogen-bond acceptors (Lipinski definition) is 4. The Labute approximate surface area is 70.9 Å². The Morgan fingerprint density at radius 2 is 0.750 bits per heavy atom. The van der Waals surface area contributed by atoms with Crippen LogP contribution in [-0.2, 0) is 0 Å². The van der Waals surface area contributed by atoms with Gasteiger partial charge in [-0.1, -0.05) is 0 Å². The molecule has 0 spiro atoms. The van der Waals surface area contributed by atoms with Gasteiger partial charge in [0.15, 0.2) is 23.0 Å². The van der Waals surface area contributed by atoms with Crippen LogP contribution < -0.4 is 10.9 Å². The predicted octanol–water partition coefficient (Wildman–Crippen LogP) is -1.90. The van der Waals surface area contributed by atoms with Crippen molar-refractivity contribution in [2.24, 2.45) is 0 Å². The summed E-state index contributed by atoms with van der Waals surface area (Å²) in [5, 5.41) is 35.9. The van der Waals surface area contributed by atoms with Crippen molar-refractivity contribution < 1.29 is 20.4 Å². The zero-order chi connectivity index (χ0) is 9.46. The molecular weight excluding hydrogens is 158 g/mol. The highest BCUT2D eigenvalue weighted by Gasteiger charge is 2.16. The number of phenolic OH excluding ortho intramolecular Hbond substituents is 4. The maximum atomic E-state index is 8.97. The monoisotopic (exact) mass is 162 g/mol. The lowest BCUT2D eigenvalue weighted by atomic mass is 9.85. The number of aromatic hydroxyl groups is 4. The Kier molecular flexibility index (Phi) is 1.84. The van der Waals surface area contributed by atoms with Crippen molar-refractivity contribution in [1.29, 1.82) is 0 Å². The minimum absolute atomic E-state index is 0.515. The lowest BCUT2D eigenvalue weighted by Crippen LogP contribution is -2.13. The van der Waals surface area contributed by atoms with E-state index in [0.29, 0.717) is 0 Å². The van der Waals surface area contributed by atoms with Crippen LogP contribution in [0.2, 0.25) is 0 Å². The molecule has 0 heterocycles. The Morgan fingerprint density at radius 1 is 0.583 bits per heavy atom. The van der Waals surface area contributed by atoms with Gasteiger partial charge in [0.2, 0.25) is 0 Å². The van der Waals surface area contributed by atoms with Crippen LogP contribution in [0.3, 0.4) is 0 Å². The number of rotatable bonds is 0. The van der Waals surface area contributed by atoms with Crippen LogP contribution in [0.4, 0.5) is 0 Å². The third kappa shape index (κ3) is 0.958. The average Bonchev–Trinajstić information content (AvgIpc) is 2.08. The first-order valence-electron chi connectivity index (χ1n) is 2.97. The molecule has 0 aliphatic carbocycles. The molecule has 0 atom stereocenters. The minimum Gasteiger partial charge on any atom is -0.505 e. The van der Waals surface area contributed by atoms with Gasteiger partial charge >= 0.3 is 0 Å². The van der Waals surface area contributed by atoms with E-state index in [4.69, 9.17) is 36.1 Å². The van der Waals surface area contributed by atoms with Crippen LogP contribution in [0.5, 0.6) is 23.0 Å². The van der Waals surface area contributed by atoms with Crippen LogP contribution in [0.25, 0.3) is 0 Å². The van der Waals surface area contributed by atoms with Crippen LogP contribution >= 0.6 is 0 Å². The first-order valence-corrected chi connectivity index (χ1v) is 2.97. The molecule has 0 saturated heterocycles. The zero-order valence-electron chi connectivity index (χ0n) is 5.94. The average molecular weight is 162 g/mol. The summed E-state index contributed by atoms with van der Waals surface area (Å²) in [7, 11) is 10.2. The van der Waals surface area contributed by atoms with E-state index in [1.54, 1.807) is 0 Å². The molecule has 0 saturated carbocycles. The third-order valence-electron chi connectivity index (χ3n) is 1.47. The van der Waals surface area contributed by atoms with Gasteiger partial charge in [0.05, 0.1) is 0 Å². The van der Waals surface area contributed by atoms with E-state index < -0.39 is 33.9 Å². The maximum absolute atomic E-state index is 8.97. The molecule has 4 nitrogen and oxygen atoms in total. The largest absolute Gasteiger partial charge is 0.505 e. The summed E-state index contributed by atoms with van der Waals surface area (Å²) < 4.78 is 0. The van der Waals surface area contributed by atoms with E-state index in [1.807, 2.05) is 0 Å². The summed E-state index contributed by atoms with van der Waals surface area (Å²) >= 11 is 0. The standard InChI is InChI=1S/C6H4B2O4/c7-1-3(9)5(11)2(8)6(12)4(1)10/h9-12H. The molecule has 0 aromatic heterocycles. The zero-order valence-corrected chi connectivity index (χ0v) is 5.94. The smallest absolute Gasteiger partial charge is 0.153 e. The van der Waals surface area contributed by atoms with Crippen molar-refractivity contribution in [3.8, 4) is 23.0 Å². The van der Waals surface area contributed by atoms with Crippen molar-refractivity contribution in [2.45, 2.75) is 0 Å². The summed E-state index contributed by atoms with van der Waals surface area (Å²) in [5.41, 5.74) is -1.03. The lowest BCUT2D eigenvalue weighted by molar-refractivity contribution is 0.383.